The monoisotopic (exact) mass is 208 g/mol. The summed E-state index contributed by atoms with van der Waals surface area (Å²) in [5, 5.41) is 3.45. The highest BCUT2D eigenvalue weighted by molar-refractivity contribution is 5.81. The van der Waals surface area contributed by atoms with Gasteiger partial charge in [-0.1, -0.05) is 0 Å². The molecule has 4 aliphatic rings. The van der Waals surface area contributed by atoms with E-state index < -0.39 is 0 Å². The van der Waals surface area contributed by atoms with Gasteiger partial charge in [0.1, 0.15) is 0 Å². The van der Waals surface area contributed by atoms with E-state index in [4.69, 9.17) is 5.73 Å². The lowest BCUT2D eigenvalue weighted by molar-refractivity contribution is -0.145. The van der Waals surface area contributed by atoms with Gasteiger partial charge in [-0.3, -0.25) is 4.79 Å². The molecule has 4 bridgehead atoms. The van der Waals surface area contributed by atoms with Gasteiger partial charge in [-0.15, -0.1) is 0 Å². The van der Waals surface area contributed by atoms with E-state index in [1.807, 2.05) is 0 Å². The predicted octanol–water partition coefficient (Wildman–Crippen LogP) is 0.886. The largest absolute Gasteiger partial charge is 0.369 e. The Bertz CT molecular complexity index is 286. The molecule has 0 heterocycles. The van der Waals surface area contributed by atoms with Crippen molar-refractivity contribution in [3.8, 4) is 0 Å². The third kappa shape index (κ3) is 1.19. The molecule has 0 spiro atoms. The van der Waals surface area contributed by atoms with Crippen LogP contribution in [0.15, 0.2) is 0 Å². The number of nitrogens with two attached hydrogens (primary N) is 1. The molecule has 0 aliphatic heterocycles. The van der Waals surface area contributed by atoms with Crippen LogP contribution in [-0.2, 0) is 4.79 Å². The maximum absolute atomic E-state index is 11.6. The topological polar surface area (TPSA) is 55.1 Å². The van der Waals surface area contributed by atoms with Gasteiger partial charge in [0.25, 0.3) is 0 Å². The average molecular weight is 208 g/mol. The van der Waals surface area contributed by atoms with Gasteiger partial charge in [0.2, 0.25) is 5.91 Å². The van der Waals surface area contributed by atoms with Crippen LogP contribution in [0, 0.1) is 23.2 Å². The predicted molar refractivity (Wildman–Crippen MR) is 58.0 cm³/mol. The molecule has 0 aromatic carbocycles. The fraction of sp³-hybridized carbons (Fsp3) is 0.917. The van der Waals surface area contributed by atoms with Gasteiger partial charge >= 0.3 is 0 Å². The van der Waals surface area contributed by atoms with Gasteiger partial charge in [0, 0.05) is 11.5 Å². The lowest BCUT2D eigenvalue weighted by Gasteiger charge is -2.58. The number of hydrogen-bond acceptors (Lipinski definition) is 2. The van der Waals surface area contributed by atoms with Crippen molar-refractivity contribution in [3.05, 3.63) is 0 Å². The Morgan fingerprint density at radius 1 is 1.27 bits per heavy atom. The second-order valence-electron chi connectivity index (χ2n) is 5.93. The third-order valence-corrected chi connectivity index (χ3v) is 5.13. The molecule has 4 rings (SSSR count). The molecule has 3 nitrogen and oxygen atoms in total. The molecule has 4 aliphatic carbocycles. The van der Waals surface area contributed by atoms with Gasteiger partial charge in [0.15, 0.2) is 0 Å². The fourth-order valence-electron chi connectivity index (χ4n) is 4.80. The summed E-state index contributed by atoms with van der Waals surface area (Å²) in [5.41, 5.74) is 5.50. The van der Waals surface area contributed by atoms with Gasteiger partial charge in [0.05, 0.1) is 0 Å². The van der Waals surface area contributed by atoms with Crippen LogP contribution in [0.3, 0.4) is 0 Å². The Labute approximate surface area is 90.8 Å². The molecule has 2 atom stereocenters. The van der Waals surface area contributed by atoms with Gasteiger partial charge in [-0.05, 0) is 56.9 Å². The van der Waals surface area contributed by atoms with E-state index in [2.05, 4.69) is 12.4 Å². The van der Waals surface area contributed by atoms with Crippen molar-refractivity contribution in [2.75, 3.05) is 7.05 Å². The summed E-state index contributed by atoms with van der Waals surface area (Å²) in [5.74, 6) is 2.15. The zero-order valence-corrected chi connectivity index (χ0v) is 9.33. The van der Waals surface area contributed by atoms with E-state index in [1.54, 1.807) is 0 Å². The molecule has 0 aromatic rings. The Morgan fingerprint density at radius 3 is 2.33 bits per heavy atom. The second kappa shape index (κ2) is 2.97. The van der Waals surface area contributed by atoms with Crippen molar-refractivity contribution in [1.29, 1.82) is 0 Å². The first-order valence-electron chi connectivity index (χ1n) is 6.12. The van der Waals surface area contributed by atoms with Crippen molar-refractivity contribution < 1.29 is 4.79 Å². The van der Waals surface area contributed by atoms with Crippen LogP contribution < -0.4 is 11.1 Å². The van der Waals surface area contributed by atoms with E-state index in [9.17, 15) is 4.79 Å². The van der Waals surface area contributed by atoms with Crippen LogP contribution in [0.2, 0.25) is 0 Å². The summed E-state index contributed by atoms with van der Waals surface area (Å²) in [6.45, 7) is 0. The highest BCUT2D eigenvalue weighted by Crippen LogP contribution is 2.59. The highest BCUT2D eigenvalue weighted by atomic mass is 16.1. The zero-order valence-electron chi connectivity index (χ0n) is 9.33. The number of nitrogens with one attached hydrogen (secondary N) is 1. The normalized spacial score (nSPS) is 52.1. The molecular formula is C12H20N2O. The molecule has 0 saturated heterocycles. The Balaban J connectivity index is 1.92. The fourth-order valence-corrected chi connectivity index (χ4v) is 4.80. The van der Waals surface area contributed by atoms with E-state index in [-0.39, 0.29) is 11.3 Å². The van der Waals surface area contributed by atoms with Gasteiger partial charge < -0.3 is 11.1 Å². The second-order valence-corrected chi connectivity index (χ2v) is 5.93. The first-order valence-corrected chi connectivity index (χ1v) is 6.12. The number of carbonyl (C=O) groups is 1. The molecule has 2 unspecified atom stereocenters. The van der Waals surface area contributed by atoms with Crippen LogP contribution >= 0.6 is 0 Å². The average Bonchev–Trinajstić information content (AvgIpc) is 2.16. The smallest absolute Gasteiger partial charge is 0.223 e. The number of amides is 1. The number of rotatable bonds is 2. The lowest BCUT2D eigenvalue weighted by atomic mass is 9.47. The van der Waals surface area contributed by atoms with Crippen LogP contribution in [0.1, 0.15) is 32.1 Å². The van der Waals surface area contributed by atoms with Crippen molar-refractivity contribution in [3.63, 3.8) is 0 Å². The summed E-state index contributed by atoms with van der Waals surface area (Å²) in [6, 6.07) is 0.647. The van der Waals surface area contributed by atoms with Crippen LogP contribution in [0.4, 0.5) is 0 Å². The van der Waals surface area contributed by atoms with Gasteiger partial charge in [-0.2, -0.15) is 0 Å². The summed E-state index contributed by atoms with van der Waals surface area (Å²) in [6.07, 6.45) is 5.79. The standard InChI is InChI=1S/C12H20N2O/c1-14-10-8-2-7-3-9(10)6-12(4-7,5-8)11(13)15/h7-10,14H,2-6H2,1H3,(H2,13,15). The maximum atomic E-state index is 11.6. The van der Waals surface area contributed by atoms with Crippen LogP contribution in [0.25, 0.3) is 0 Å². The molecule has 84 valence electrons. The molecule has 15 heavy (non-hydrogen) atoms. The SMILES string of the molecule is CNC1C2CC3CC1CC(C(N)=O)(C3)C2. The third-order valence-electron chi connectivity index (χ3n) is 5.13. The number of primary amides is 1. The molecule has 0 radical (unpaired) electrons. The summed E-state index contributed by atoms with van der Waals surface area (Å²) < 4.78 is 0. The Hall–Kier alpha value is -0.570. The van der Waals surface area contributed by atoms with Crippen LogP contribution in [-0.4, -0.2) is 19.0 Å². The van der Waals surface area contributed by atoms with Gasteiger partial charge in [-0.25, -0.2) is 0 Å². The van der Waals surface area contributed by atoms with Crippen molar-refractivity contribution in [2.24, 2.45) is 28.9 Å². The van der Waals surface area contributed by atoms with Crippen molar-refractivity contribution >= 4 is 5.91 Å². The molecule has 3 heteroatoms. The van der Waals surface area contributed by atoms with E-state index >= 15 is 0 Å². The first-order chi connectivity index (χ1) is 7.14. The Morgan fingerprint density at radius 2 is 1.87 bits per heavy atom. The molecule has 0 aromatic heterocycles. The first kappa shape index (κ1) is 9.64. The minimum atomic E-state index is -0.121. The molecule has 1 amide bonds. The van der Waals surface area contributed by atoms with E-state index in [0.29, 0.717) is 17.9 Å². The van der Waals surface area contributed by atoms with E-state index in [1.165, 1.54) is 12.8 Å². The van der Waals surface area contributed by atoms with E-state index in [0.717, 1.165) is 25.2 Å². The van der Waals surface area contributed by atoms with Crippen molar-refractivity contribution in [2.45, 2.75) is 38.1 Å². The minimum absolute atomic E-state index is 0.0311. The lowest BCUT2D eigenvalue weighted by Crippen LogP contribution is -2.60. The summed E-state index contributed by atoms with van der Waals surface area (Å²) in [4.78, 5) is 11.6. The van der Waals surface area contributed by atoms with Crippen molar-refractivity contribution in [1.82, 2.24) is 5.32 Å². The molecule has 3 N–H and O–H groups in total. The zero-order chi connectivity index (χ0) is 10.6. The maximum Gasteiger partial charge on any atom is 0.223 e. The molecule has 4 saturated carbocycles. The Kier molecular flexibility index (Phi) is 1.91. The molecular weight excluding hydrogens is 188 g/mol. The number of carbonyl (C=O) groups excluding carboxylic acids is 1. The minimum Gasteiger partial charge on any atom is -0.369 e. The van der Waals surface area contributed by atoms with Crippen LogP contribution in [0.5, 0.6) is 0 Å². The summed E-state index contributed by atoms with van der Waals surface area (Å²) in [7, 11) is 2.06. The summed E-state index contributed by atoms with van der Waals surface area (Å²) >= 11 is 0. The quantitative estimate of drug-likeness (QED) is 0.708. The molecule has 4 fully saturated rings. The number of hydrogen-bond donors (Lipinski definition) is 2. The highest BCUT2D eigenvalue weighted by Gasteiger charge is 2.57.